The number of H-pyrrole nitrogens is 2. The second-order valence-corrected chi connectivity index (χ2v) is 7.15. The Labute approximate surface area is 117 Å². The molecule has 3 N–H and O–H groups in total. The van der Waals surface area contributed by atoms with Crippen molar-refractivity contribution >= 4 is 0 Å². The van der Waals surface area contributed by atoms with Crippen LogP contribution in [0.3, 0.4) is 0 Å². The van der Waals surface area contributed by atoms with Crippen LogP contribution in [-0.2, 0) is 6.54 Å². The average Bonchev–Trinajstić information content (AvgIpc) is 2.36. The maximum Gasteiger partial charge on any atom is 0.325 e. The van der Waals surface area contributed by atoms with Gasteiger partial charge in [-0.05, 0) is 56.3 Å². The standard InChI is InChI=1S/C15H21N3O2/c19-13-12(7-16-14(20)18-13)8-17-15-4-9-1-10(5-15)3-11(2-9)6-15/h7,9-11,17H,1-6,8H2,(H2,16,18,19,20). The molecular formula is C15H21N3O2. The van der Waals surface area contributed by atoms with Gasteiger partial charge in [0.25, 0.3) is 5.56 Å². The van der Waals surface area contributed by atoms with E-state index in [-0.39, 0.29) is 11.1 Å². The van der Waals surface area contributed by atoms with E-state index in [0.717, 1.165) is 17.8 Å². The third-order valence-corrected chi connectivity index (χ3v) is 5.59. The van der Waals surface area contributed by atoms with E-state index in [2.05, 4.69) is 15.3 Å². The summed E-state index contributed by atoms with van der Waals surface area (Å²) in [6.45, 7) is 0.554. The molecule has 0 atom stereocenters. The highest BCUT2D eigenvalue weighted by molar-refractivity contribution is 5.09. The second kappa shape index (κ2) is 4.32. The van der Waals surface area contributed by atoms with Crippen LogP contribution in [0.5, 0.6) is 0 Å². The molecule has 0 amide bonds. The lowest BCUT2D eigenvalue weighted by Gasteiger charge is -2.57. The summed E-state index contributed by atoms with van der Waals surface area (Å²) in [6.07, 6.45) is 9.58. The van der Waals surface area contributed by atoms with Crippen molar-refractivity contribution in [2.45, 2.75) is 50.6 Å². The quantitative estimate of drug-likeness (QED) is 0.773. The Bertz CT molecular complexity index is 595. The SMILES string of the molecule is O=c1[nH]cc(CNC23CC4CC(CC(C4)C2)C3)c(=O)[nH]1. The topological polar surface area (TPSA) is 77.8 Å². The maximum atomic E-state index is 11.7. The number of aromatic nitrogens is 2. The predicted octanol–water partition coefficient (Wildman–Crippen LogP) is 1.12. The molecule has 0 aromatic carbocycles. The summed E-state index contributed by atoms with van der Waals surface area (Å²) in [5.74, 6) is 2.67. The van der Waals surface area contributed by atoms with E-state index in [1.165, 1.54) is 44.7 Å². The lowest BCUT2D eigenvalue weighted by Crippen LogP contribution is -2.58. The third-order valence-electron chi connectivity index (χ3n) is 5.59. The van der Waals surface area contributed by atoms with E-state index < -0.39 is 5.69 Å². The third kappa shape index (κ3) is 2.04. The Morgan fingerprint density at radius 1 is 1.10 bits per heavy atom. The molecule has 0 saturated heterocycles. The first-order valence-electron chi connectivity index (χ1n) is 7.68. The number of hydrogen-bond acceptors (Lipinski definition) is 3. The molecule has 4 aliphatic rings. The van der Waals surface area contributed by atoms with Gasteiger partial charge in [0.1, 0.15) is 0 Å². The van der Waals surface area contributed by atoms with Crippen molar-refractivity contribution in [1.29, 1.82) is 0 Å². The van der Waals surface area contributed by atoms with Crippen molar-refractivity contribution in [2.75, 3.05) is 0 Å². The van der Waals surface area contributed by atoms with E-state index in [9.17, 15) is 9.59 Å². The molecule has 5 nitrogen and oxygen atoms in total. The van der Waals surface area contributed by atoms with Crippen LogP contribution in [0.1, 0.15) is 44.1 Å². The molecule has 1 aromatic heterocycles. The summed E-state index contributed by atoms with van der Waals surface area (Å²) in [7, 11) is 0. The molecule has 4 fully saturated rings. The minimum Gasteiger partial charge on any atom is -0.314 e. The summed E-state index contributed by atoms with van der Waals surface area (Å²) in [5.41, 5.74) is 0.164. The van der Waals surface area contributed by atoms with Crippen LogP contribution in [0.15, 0.2) is 15.8 Å². The van der Waals surface area contributed by atoms with Crippen molar-refractivity contribution < 1.29 is 0 Å². The van der Waals surface area contributed by atoms with Gasteiger partial charge in [0.05, 0.1) is 0 Å². The van der Waals surface area contributed by atoms with E-state index in [0.29, 0.717) is 12.1 Å². The summed E-state index contributed by atoms with van der Waals surface area (Å²) < 4.78 is 0. The Balaban J connectivity index is 1.52. The molecule has 0 radical (unpaired) electrons. The van der Waals surface area contributed by atoms with E-state index in [4.69, 9.17) is 0 Å². The summed E-state index contributed by atoms with van der Waals surface area (Å²) in [6, 6.07) is 0. The van der Waals surface area contributed by atoms with Gasteiger partial charge in [0.2, 0.25) is 0 Å². The fourth-order valence-corrected chi connectivity index (χ4v) is 5.18. The molecule has 1 heterocycles. The average molecular weight is 275 g/mol. The molecular weight excluding hydrogens is 254 g/mol. The van der Waals surface area contributed by atoms with Crippen LogP contribution in [-0.4, -0.2) is 15.5 Å². The zero-order chi connectivity index (χ0) is 13.7. The summed E-state index contributed by atoms with van der Waals surface area (Å²) in [4.78, 5) is 27.6. The van der Waals surface area contributed by atoms with Gasteiger partial charge >= 0.3 is 5.69 Å². The first kappa shape index (κ1) is 12.4. The van der Waals surface area contributed by atoms with Gasteiger partial charge in [-0.25, -0.2) is 4.79 Å². The number of aromatic amines is 2. The Morgan fingerprint density at radius 2 is 1.70 bits per heavy atom. The number of hydrogen-bond donors (Lipinski definition) is 3. The zero-order valence-electron chi connectivity index (χ0n) is 11.6. The van der Waals surface area contributed by atoms with Gasteiger partial charge < -0.3 is 10.3 Å². The van der Waals surface area contributed by atoms with E-state index >= 15 is 0 Å². The summed E-state index contributed by atoms with van der Waals surface area (Å²) >= 11 is 0. The highest BCUT2D eigenvalue weighted by Gasteiger charge is 2.50. The monoisotopic (exact) mass is 275 g/mol. The molecule has 4 bridgehead atoms. The normalized spacial score (nSPS) is 38.3. The highest BCUT2D eigenvalue weighted by atomic mass is 16.2. The fraction of sp³-hybridized carbons (Fsp3) is 0.733. The highest BCUT2D eigenvalue weighted by Crippen LogP contribution is 2.55. The van der Waals surface area contributed by atoms with Crippen molar-refractivity contribution in [2.24, 2.45) is 17.8 Å². The van der Waals surface area contributed by atoms with Gasteiger partial charge in [0, 0.05) is 23.8 Å². The molecule has 108 valence electrons. The minimum atomic E-state index is -0.437. The largest absolute Gasteiger partial charge is 0.325 e. The zero-order valence-corrected chi connectivity index (χ0v) is 11.6. The molecule has 4 saturated carbocycles. The van der Waals surface area contributed by atoms with Gasteiger partial charge in [-0.1, -0.05) is 0 Å². The fourth-order valence-electron chi connectivity index (χ4n) is 5.18. The van der Waals surface area contributed by atoms with Crippen LogP contribution in [0.4, 0.5) is 0 Å². The smallest absolute Gasteiger partial charge is 0.314 e. The van der Waals surface area contributed by atoms with E-state index in [1.807, 2.05) is 0 Å². The lowest BCUT2D eigenvalue weighted by molar-refractivity contribution is -0.0206. The molecule has 1 aromatic rings. The molecule has 4 aliphatic carbocycles. The first-order chi connectivity index (χ1) is 9.62. The molecule has 5 rings (SSSR count). The summed E-state index contributed by atoms with van der Waals surface area (Å²) in [5, 5.41) is 3.66. The van der Waals surface area contributed by atoms with Crippen molar-refractivity contribution in [3.05, 3.63) is 32.6 Å². The van der Waals surface area contributed by atoms with E-state index in [1.54, 1.807) is 0 Å². The van der Waals surface area contributed by atoms with Crippen LogP contribution in [0.2, 0.25) is 0 Å². The Hall–Kier alpha value is -1.36. The maximum absolute atomic E-state index is 11.7. The molecule has 0 unspecified atom stereocenters. The molecule has 0 spiro atoms. The number of rotatable bonds is 3. The van der Waals surface area contributed by atoms with Crippen LogP contribution in [0.25, 0.3) is 0 Å². The Kier molecular flexibility index (Phi) is 2.67. The molecule has 20 heavy (non-hydrogen) atoms. The van der Waals surface area contributed by atoms with Gasteiger partial charge in [0.15, 0.2) is 0 Å². The Morgan fingerprint density at radius 3 is 2.25 bits per heavy atom. The number of nitrogens with one attached hydrogen (secondary N) is 3. The van der Waals surface area contributed by atoms with Crippen molar-refractivity contribution in [3.63, 3.8) is 0 Å². The van der Waals surface area contributed by atoms with Gasteiger partial charge in [-0.3, -0.25) is 9.78 Å². The second-order valence-electron chi connectivity index (χ2n) is 7.15. The van der Waals surface area contributed by atoms with Crippen LogP contribution in [0, 0.1) is 17.8 Å². The van der Waals surface area contributed by atoms with Crippen molar-refractivity contribution in [3.8, 4) is 0 Å². The first-order valence-corrected chi connectivity index (χ1v) is 7.68. The van der Waals surface area contributed by atoms with Crippen LogP contribution >= 0.6 is 0 Å². The van der Waals surface area contributed by atoms with Crippen LogP contribution < -0.4 is 16.6 Å². The lowest BCUT2D eigenvalue weighted by atomic mass is 9.53. The molecule has 5 heteroatoms. The predicted molar refractivity (Wildman–Crippen MR) is 75.4 cm³/mol. The van der Waals surface area contributed by atoms with Gasteiger partial charge in [-0.2, -0.15) is 0 Å². The van der Waals surface area contributed by atoms with Gasteiger partial charge in [-0.15, -0.1) is 0 Å². The van der Waals surface area contributed by atoms with Crippen molar-refractivity contribution in [1.82, 2.24) is 15.3 Å². The molecule has 0 aliphatic heterocycles. The minimum absolute atomic E-state index is 0.247.